The van der Waals surface area contributed by atoms with Crippen molar-refractivity contribution in [2.24, 2.45) is 0 Å². The number of rotatable bonds is 7. The van der Waals surface area contributed by atoms with E-state index in [9.17, 15) is 4.79 Å². The summed E-state index contributed by atoms with van der Waals surface area (Å²) in [7, 11) is 0. The minimum Gasteiger partial charge on any atom is -0.334 e. The van der Waals surface area contributed by atoms with Gasteiger partial charge in [-0.1, -0.05) is 35.6 Å². The Morgan fingerprint density at radius 3 is 2.44 bits per heavy atom. The van der Waals surface area contributed by atoms with Crippen LogP contribution in [0, 0.1) is 13.8 Å². The third kappa shape index (κ3) is 4.20. The number of fused-ring (bicyclic) bond motifs is 1. The van der Waals surface area contributed by atoms with Crippen molar-refractivity contribution in [2.75, 3.05) is 31.1 Å². The van der Waals surface area contributed by atoms with Crippen LogP contribution in [0.5, 0.6) is 0 Å². The number of thiazole rings is 1. The average Bonchev–Trinajstić information content (AvgIpc) is 3.13. The standard InChI is InChI=1S/C22H27N3OS/c1-5-24(6-2)14-15-25(21(26)18-10-8-7-9-11-18)22-23-20-17(4)16(3)12-13-19(20)27-22/h7-13H,5-6,14-15H2,1-4H3/p+1. The highest BCUT2D eigenvalue weighted by Gasteiger charge is 2.23. The van der Waals surface area contributed by atoms with Crippen molar-refractivity contribution >= 4 is 32.6 Å². The van der Waals surface area contributed by atoms with Gasteiger partial charge < -0.3 is 4.90 Å². The third-order valence-corrected chi connectivity index (χ3v) is 6.30. The van der Waals surface area contributed by atoms with Crippen molar-refractivity contribution in [2.45, 2.75) is 27.7 Å². The maximum atomic E-state index is 13.2. The Balaban J connectivity index is 1.98. The Morgan fingerprint density at radius 2 is 1.78 bits per heavy atom. The molecule has 0 bridgehead atoms. The first kappa shape index (κ1) is 19.5. The Morgan fingerprint density at radius 1 is 1.07 bits per heavy atom. The van der Waals surface area contributed by atoms with E-state index < -0.39 is 0 Å². The second-order valence-electron chi connectivity index (χ2n) is 6.88. The van der Waals surface area contributed by atoms with Crippen molar-refractivity contribution in [3.63, 3.8) is 0 Å². The van der Waals surface area contributed by atoms with Gasteiger partial charge in [-0.2, -0.15) is 0 Å². The van der Waals surface area contributed by atoms with Crippen molar-refractivity contribution < 1.29 is 9.69 Å². The highest BCUT2D eigenvalue weighted by Crippen LogP contribution is 2.32. The molecule has 2 aromatic carbocycles. The highest BCUT2D eigenvalue weighted by atomic mass is 32.1. The van der Waals surface area contributed by atoms with Gasteiger partial charge in [0.25, 0.3) is 5.91 Å². The number of likely N-dealkylation sites (N-methyl/N-ethyl adjacent to an activating group) is 1. The van der Waals surface area contributed by atoms with Crippen LogP contribution in [0.15, 0.2) is 42.5 Å². The number of nitrogens with zero attached hydrogens (tertiary/aromatic N) is 2. The van der Waals surface area contributed by atoms with Crippen LogP contribution in [0.4, 0.5) is 5.13 Å². The third-order valence-electron chi connectivity index (χ3n) is 5.26. The minimum atomic E-state index is 0.0237. The van der Waals surface area contributed by atoms with E-state index >= 15 is 0 Å². The fourth-order valence-electron chi connectivity index (χ4n) is 3.22. The SMILES string of the molecule is CC[NH+](CC)CCN(C(=O)c1ccccc1)c1nc2c(C)c(C)ccc2s1. The molecule has 0 aliphatic carbocycles. The lowest BCUT2D eigenvalue weighted by Gasteiger charge is -2.23. The number of quaternary nitrogens is 1. The van der Waals surface area contributed by atoms with Crippen molar-refractivity contribution in [1.29, 1.82) is 0 Å². The Hall–Kier alpha value is -2.24. The van der Waals surface area contributed by atoms with Gasteiger partial charge in [0.05, 0.1) is 36.4 Å². The van der Waals surface area contributed by atoms with Gasteiger partial charge in [-0.25, -0.2) is 4.98 Å². The second-order valence-corrected chi connectivity index (χ2v) is 7.89. The van der Waals surface area contributed by atoms with E-state index in [2.05, 4.69) is 39.8 Å². The summed E-state index contributed by atoms with van der Waals surface area (Å²) in [6, 6.07) is 13.7. The molecule has 0 saturated carbocycles. The first-order chi connectivity index (χ1) is 13.0. The van der Waals surface area contributed by atoms with Crippen molar-refractivity contribution in [3.05, 3.63) is 59.2 Å². The molecule has 1 aromatic heterocycles. The predicted octanol–water partition coefficient (Wildman–Crippen LogP) is 3.48. The number of aromatic nitrogens is 1. The van der Waals surface area contributed by atoms with Crippen LogP contribution in [0.2, 0.25) is 0 Å². The van der Waals surface area contributed by atoms with Gasteiger partial charge in [-0.15, -0.1) is 0 Å². The Bertz CT molecular complexity index is 916. The molecular weight excluding hydrogens is 354 g/mol. The molecule has 0 aliphatic heterocycles. The molecule has 5 heteroatoms. The summed E-state index contributed by atoms with van der Waals surface area (Å²) < 4.78 is 1.13. The molecule has 0 atom stereocenters. The van der Waals surface area contributed by atoms with E-state index in [0.29, 0.717) is 12.1 Å². The Kier molecular flexibility index (Phi) is 6.24. The lowest BCUT2D eigenvalue weighted by atomic mass is 10.1. The van der Waals surface area contributed by atoms with Crippen molar-refractivity contribution in [3.8, 4) is 0 Å². The van der Waals surface area contributed by atoms with Gasteiger partial charge in [-0.05, 0) is 57.0 Å². The number of nitrogens with one attached hydrogen (secondary N) is 1. The van der Waals surface area contributed by atoms with Gasteiger partial charge in [0.1, 0.15) is 0 Å². The number of hydrogen-bond acceptors (Lipinski definition) is 3. The lowest BCUT2D eigenvalue weighted by molar-refractivity contribution is -0.894. The highest BCUT2D eigenvalue weighted by molar-refractivity contribution is 7.22. The van der Waals surface area contributed by atoms with E-state index in [1.54, 1.807) is 11.3 Å². The quantitative estimate of drug-likeness (QED) is 0.679. The summed E-state index contributed by atoms with van der Waals surface area (Å²) in [6.07, 6.45) is 0. The number of anilines is 1. The second kappa shape index (κ2) is 8.63. The van der Waals surface area contributed by atoms with Gasteiger partial charge in [0.15, 0.2) is 5.13 Å². The van der Waals surface area contributed by atoms with Gasteiger partial charge >= 0.3 is 0 Å². The molecule has 1 heterocycles. The molecule has 3 rings (SSSR count). The van der Waals surface area contributed by atoms with E-state index in [-0.39, 0.29) is 5.91 Å². The summed E-state index contributed by atoms with van der Waals surface area (Å²) in [6.45, 7) is 12.3. The molecule has 0 unspecified atom stereocenters. The summed E-state index contributed by atoms with van der Waals surface area (Å²) in [4.78, 5) is 21.5. The number of carbonyl (C=O) groups is 1. The van der Waals surface area contributed by atoms with Crippen LogP contribution in [-0.4, -0.2) is 37.1 Å². The fourth-order valence-corrected chi connectivity index (χ4v) is 4.27. The smallest absolute Gasteiger partial charge is 0.260 e. The first-order valence-electron chi connectivity index (χ1n) is 9.62. The molecule has 0 spiro atoms. The molecular formula is C22H28N3OS+. The molecule has 0 radical (unpaired) electrons. The van der Waals surface area contributed by atoms with Gasteiger partial charge in [0.2, 0.25) is 0 Å². The molecule has 27 heavy (non-hydrogen) atoms. The van der Waals surface area contributed by atoms with Gasteiger partial charge in [-0.3, -0.25) is 9.69 Å². The number of hydrogen-bond donors (Lipinski definition) is 1. The maximum Gasteiger partial charge on any atom is 0.260 e. The molecule has 0 fully saturated rings. The predicted molar refractivity (Wildman–Crippen MR) is 114 cm³/mol. The molecule has 0 aliphatic rings. The van der Waals surface area contributed by atoms with E-state index in [4.69, 9.17) is 4.98 Å². The van der Waals surface area contributed by atoms with Crippen molar-refractivity contribution in [1.82, 2.24) is 4.98 Å². The minimum absolute atomic E-state index is 0.0237. The maximum absolute atomic E-state index is 13.2. The number of benzene rings is 2. The van der Waals surface area contributed by atoms with E-state index in [1.807, 2.05) is 35.2 Å². The van der Waals surface area contributed by atoms with Gasteiger partial charge in [0, 0.05) is 5.56 Å². The zero-order valence-corrected chi connectivity index (χ0v) is 17.4. The molecule has 4 nitrogen and oxygen atoms in total. The van der Waals surface area contributed by atoms with E-state index in [1.165, 1.54) is 16.0 Å². The van der Waals surface area contributed by atoms with Crippen LogP contribution in [0.1, 0.15) is 35.3 Å². The summed E-state index contributed by atoms with van der Waals surface area (Å²) in [5.74, 6) is 0.0237. The number of carbonyl (C=O) groups excluding carboxylic acids is 1. The lowest BCUT2D eigenvalue weighted by Crippen LogP contribution is -3.12. The molecule has 1 N–H and O–H groups in total. The van der Waals surface area contributed by atoms with Crippen LogP contribution in [0.3, 0.4) is 0 Å². The summed E-state index contributed by atoms with van der Waals surface area (Å²) in [5, 5.41) is 0.791. The van der Waals surface area contributed by atoms with Crippen LogP contribution < -0.4 is 9.80 Å². The normalized spacial score (nSPS) is 11.3. The molecule has 1 amide bonds. The topological polar surface area (TPSA) is 37.6 Å². The average molecular weight is 383 g/mol. The fraction of sp³-hybridized carbons (Fsp3) is 0.364. The molecule has 142 valence electrons. The van der Waals surface area contributed by atoms with Crippen LogP contribution in [0.25, 0.3) is 10.2 Å². The zero-order valence-electron chi connectivity index (χ0n) is 16.6. The van der Waals surface area contributed by atoms with Crippen LogP contribution >= 0.6 is 11.3 Å². The largest absolute Gasteiger partial charge is 0.334 e. The zero-order chi connectivity index (χ0) is 19.4. The number of aryl methyl sites for hydroxylation is 2. The van der Waals surface area contributed by atoms with E-state index in [0.717, 1.165) is 35.0 Å². The number of amides is 1. The first-order valence-corrected chi connectivity index (χ1v) is 10.4. The molecule has 3 aromatic rings. The molecule has 0 saturated heterocycles. The Labute approximate surface area is 165 Å². The summed E-state index contributed by atoms with van der Waals surface area (Å²) >= 11 is 1.60. The summed E-state index contributed by atoms with van der Waals surface area (Å²) in [5.41, 5.74) is 4.14. The monoisotopic (exact) mass is 382 g/mol. The van der Waals surface area contributed by atoms with Crippen LogP contribution in [-0.2, 0) is 0 Å².